The van der Waals surface area contributed by atoms with Crippen molar-refractivity contribution in [1.82, 2.24) is 0 Å². The van der Waals surface area contributed by atoms with E-state index >= 15 is 0 Å². The highest BCUT2D eigenvalue weighted by atomic mass is 32.1. The minimum atomic E-state index is -0.877. The van der Waals surface area contributed by atoms with Crippen LogP contribution < -0.4 is 0 Å². The molecule has 124 valence electrons. The highest BCUT2D eigenvalue weighted by Gasteiger charge is 2.39. The summed E-state index contributed by atoms with van der Waals surface area (Å²) in [6.45, 7) is 1.94. The summed E-state index contributed by atoms with van der Waals surface area (Å²) in [6, 6.07) is 7.93. The Morgan fingerprint density at radius 2 is 2.04 bits per heavy atom. The van der Waals surface area contributed by atoms with Gasteiger partial charge in [-0.2, -0.15) is 11.3 Å². The van der Waals surface area contributed by atoms with Crippen LogP contribution in [0.4, 0.5) is 4.39 Å². The van der Waals surface area contributed by atoms with E-state index in [9.17, 15) is 14.0 Å². The quantitative estimate of drug-likeness (QED) is 0.616. The van der Waals surface area contributed by atoms with Gasteiger partial charge in [-0.05, 0) is 65.1 Å². The third-order valence-corrected chi connectivity index (χ3v) is 4.88. The van der Waals surface area contributed by atoms with E-state index in [1.165, 1.54) is 12.1 Å². The summed E-state index contributed by atoms with van der Waals surface area (Å²) in [5, 5.41) is 3.93. The van der Waals surface area contributed by atoms with Crippen molar-refractivity contribution < 1.29 is 18.7 Å². The van der Waals surface area contributed by atoms with Gasteiger partial charge >= 0.3 is 5.97 Å². The SMILES string of the molecule is CCOC(=O)[C@H]1C(=O)C=C(c2ccsc2)C[C@@H]1c1ccc(F)cc1. The Morgan fingerprint density at radius 3 is 2.67 bits per heavy atom. The molecule has 0 aliphatic heterocycles. The average Bonchev–Trinajstić information content (AvgIpc) is 3.09. The average molecular weight is 344 g/mol. The van der Waals surface area contributed by atoms with Crippen molar-refractivity contribution in [2.45, 2.75) is 19.3 Å². The normalized spacial score (nSPS) is 20.6. The van der Waals surface area contributed by atoms with E-state index in [1.807, 2.05) is 16.8 Å². The van der Waals surface area contributed by atoms with Crippen molar-refractivity contribution in [1.29, 1.82) is 0 Å². The lowest BCUT2D eigenvalue weighted by Gasteiger charge is -2.29. The maximum absolute atomic E-state index is 13.2. The predicted octanol–water partition coefficient (Wildman–Crippen LogP) is 4.21. The Bertz CT molecular complexity index is 762. The van der Waals surface area contributed by atoms with Gasteiger partial charge in [0.1, 0.15) is 11.7 Å². The van der Waals surface area contributed by atoms with Crippen LogP contribution in [0.15, 0.2) is 47.2 Å². The first-order valence-corrected chi connectivity index (χ1v) is 8.73. The van der Waals surface area contributed by atoms with Crippen molar-refractivity contribution >= 4 is 28.7 Å². The number of ketones is 1. The summed E-state index contributed by atoms with van der Waals surface area (Å²) in [7, 11) is 0. The number of hydrogen-bond donors (Lipinski definition) is 0. The largest absolute Gasteiger partial charge is 0.465 e. The van der Waals surface area contributed by atoms with Gasteiger partial charge in [0, 0.05) is 5.92 Å². The predicted molar refractivity (Wildman–Crippen MR) is 91.2 cm³/mol. The second-order valence-corrected chi connectivity index (χ2v) is 6.46. The van der Waals surface area contributed by atoms with Gasteiger partial charge in [0.05, 0.1) is 6.61 Å². The van der Waals surface area contributed by atoms with Crippen molar-refractivity contribution in [2.75, 3.05) is 6.61 Å². The van der Waals surface area contributed by atoms with Gasteiger partial charge < -0.3 is 4.74 Å². The van der Waals surface area contributed by atoms with E-state index in [2.05, 4.69) is 0 Å². The zero-order valence-electron chi connectivity index (χ0n) is 13.2. The lowest BCUT2D eigenvalue weighted by Crippen LogP contribution is -2.34. The number of esters is 1. The fourth-order valence-corrected chi connectivity index (χ4v) is 3.73. The standard InChI is InChI=1S/C19H17FO3S/c1-2-23-19(22)18-16(12-3-5-15(20)6-4-12)9-14(10-17(18)21)13-7-8-24-11-13/h3-8,10-11,16,18H,2,9H2,1H3/t16-,18-/m1/s1. The molecule has 1 aliphatic carbocycles. The van der Waals surface area contributed by atoms with Crippen molar-refractivity contribution in [3.05, 3.63) is 64.1 Å². The lowest BCUT2D eigenvalue weighted by atomic mass is 9.74. The zero-order valence-corrected chi connectivity index (χ0v) is 14.0. The highest BCUT2D eigenvalue weighted by Crippen LogP contribution is 2.40. The number of carbonyl (C=O) groups is 2. The van der Waals surface area contributed by atoms with Crippen molar-refractivity contribution in [2.24, 2.45) is 5.92 Å². The molecule has 1 aromatic carbocycles. The molecule has 0 fully saturated rings. The smallest absolute Gasteiger partial charge is 0.317 e. The van der Waals surface area contributed by atoms with Crippen LogP contribution in [0.5, 0.6) is 0 Å². The van der Waals surface area contributed by atoms with E-state index in [4.69, 9.17) is 4.74 Å². The van der Waals surface area contributed by atoms with Crippen LogP contribution in [0.2, 0.25) is 0 Å². The molecule has 0 unspecified atom stereocenters. The molecule has 1 aliphatic rings. The minimum Gasteiger partial charge on any atom is -0.465 e. The molecular formula is C19H17FO3S. The van der Waals surface area contributed by atoms with Crippen molar-refractivity contribution in [3.63, 3.8) is 0 Å². The molecule has 2 aromatic rings. The van der Waals surface area contributed by atoms with Gasteiger partial charge in [0.2, 0.25) is 0 Å². The summed E-state index contributed by atoms with van der Waals surface area (Å²) in [5.41, 5.74) is 2.66. The van der Waals surface area contributed by atoms with Crippen LogP contribution in [0.3, 0.4) is 0 Å². The Labute approximate surface area is 143 Å². The molecule has 2 atom stereocenters. The highest BCUT2D eigenvalue weighted by molar-refractivity contribution is 7.08. The summed E-state index contributed by atoms with van der Waals surface area (Å²) in [4.78, 5) is 24.9. The number of benzene rings is 1. The molecule has 0 saturated carbocycles. The second kappa shape index (κ2) is 7.09. The van der Waals surface area contributed by atoms with Crippen LogP contribution in [-0.4, -0.2) is 18.4 Å². The Kier molecular flexibility index (Phi) is 4.90. The molecule has 0 N–H and O–H groups in total. The maximum atomic E-state index is 13.2. The molecule has 1 heterocycles. The first kappa shape index (κ1) is 16.6. The number of halogens is 1. The first-order valence-electron chi connectivity index (χ1n) is 7.79. The molecule has 0 spiro atoms. The molecule has 0 bridgehead atoms. The lowest BCUT2D eigenvalue weighted by molar-refractivity contribution is -0.151. The molecule has 3 nitrogen and oxygen atoms in total. The molecule has 3 rings (SSSR count). The van der Waals surface area contributed by atoms with Gasteiger partial charge in [-0.1, -0.05) is 12.1 Å². The van der Waals surface area contributed by atoms with Gasteiger partial charge in [-0.3, -0.25) is 9.59 Å². The Morgan fingerprint density at radius 1 is 1.29 bits per heavy atom. The Balaban J connectivity index is 2.00. The molecule has 0 saturated heterocycles. The monoisotopic (exact) mass is 344 g/mol. The van der Waals surface area contributed by atoms with Crippen molar-refractivity contribution in [3.8, 4) is 0 Å². The van der Waals surface area contributed by atoms with Gasteiger partial charge in [0.25, 0.3) is 0 Å². The summed E-state index contributed by atoms with van der Waals surface area (Å²) < 4.78 is 18.3. The minimum absolute atomic E-state index is 0.222. The van der Waals surface area contributed by atoms with Gasteiger partial charge in [0.15, 0.2) is 5.78 Å². The first-order chi connectivity index (χ1) is 11.6. The number of thiophene rings is 1. The van der Waals surface area contributed by atoms with Crippen LogP contribution in [-0.2, 0) is 14.3 Å². The molecular weight excluding hydrogens is 327 g/mol. The van der Waals surface area contributed by atoms with Crippen LogP contribution in [0, 0.1) is 11.7 Å². The second-order valence-electron chi connectivity index (χ2n) is 5.68. The number of ether oxygens (including phenoxy) is 1. The van der Waals surface area contributed by atoms with Crippen LogP contribution in [0.25, 0.3) is 5.57 Å². The third kappa shape index (κ3) is 3.31. The van der Waals surface area contributed by atoms with E-state index < -0.39 is 11.9 Å². The van der Waals surface area contributed by atoms with Gasteiger partial charge in [-0.15, -0.1) is 0 Å². The van der Waals surface area contributed by atoms with E-state index in [-0.39, 0.29) is 24.1 Å². The number of carbonyl (C=O) groups excluding carboxylic acids is 2. The molecule has 0 radical (unpaired) electrons. The zero-order chi connectivity index (χ0) is 17.1. The molecule has 24 heavy (non-hydrogen) atoms. The number of allylic oxidation sites excluding steroid dienone is 2. The fourth-order valence-electron chi connectivity index (χ4n) is 3.05. The third-order valence-electron chi connectivity index (χ3n) is 4.20. The van der Waals surface area contributed by atoms with Crippen LogP contribution in [0.1, 0.15) is 30.4 Å². The molecule has 1 aromatic heterocycles. The Hall–Kier alpha value is -2.27. The van der Waals surface area contributed by atoms with Gasteiger partial charge in [-0.25, -0.2) is 4.39 Å². The summed E-state index contributed by atoms with van der Waals surface area (Å²) in [5.74, 6) is -2.34. The number of rotatable bonds is 4. The fraction of sp³-hybridized carbons (Fsp3) is 0.263. The van der Waals surface area contributed by atoms with E-state index in [0.717, 1.165) is 16.7 Å². The van der Waals surface area contributed by atoms with Crippen LogP contribution >= 0.6 is 11.3 Å². The number of hydrogen-bond acceptors (Lipinski definition) is 4. The topological polar surface area (TPSA) is 43.4 Å². The molecule has 5 heteroatoms. The molecule has 0 amide bonds. The van der Waals surface area contributed by atoms with E-state index in [1.54, 1.807) is 36.5 Å². The summed E-state index contributed by atoms with van der Waals surface area (Å²) in [6.07, 6.45) is 2.08. The summed E-state index contributed by atoms with van der Waals surface area (Å²) >= 11 is 1.56. The maximum Gasteiger partial charge on any atom is 0.317 e. The van der Waals surface area contributed by atoms with E-state index in [0.29, 0.717) is 6.42 Å².